The third kappa shape index (κ3) is 3.96. The Morgan fingerprint density at radius 2 is 2.00 bits per heavy atom. The molecule has 5 heteroatoms. The van der Waals surface area contributed by atoms with Crippen LogP contribution in [0.5, 0.6) is 5.75 Å². The lowest BCUT2D eigenvalue weighted by Gasteiger charge is -2.02. The fourth-order valence-corrected chi connectivity index (χ4v) is 2.93. The van der Waals surface area contributed by atoms with Gasteiger partial charge in [0.15, 0.2) is 5.13 Å². The summed E-state index contributed by atoms with van der Waals surface area (Å²) in [5, 5.41) is 5.37. The molecule has 0 unspecified atom stereocenters. The molecule has 0 aliphatic rings. The molecule has 0 fully saturated rings. The number of carbonyl (C=O) groups excluding carboxylic acids is 1. The summed E-state index contributed by atoms with van der Waals surface area (Å²) in [6, 6.07) is 17.3. The van der Waals surface area contributed by atoms with Gasteiger partial charge in [0.2, 0.25) is 5.91 Å². The van der Waals surface area contributed by atoms with Crippen LogP contribution in [0.15, 0.2) is 60.0 Å². The van der Waals surface area contributed by atoms with E-state index in [0.29, 0.717) is 11.6 Å². The predicted octanol–water partition coefficient (Wildman–Crippen LogP) is 4.00. The summed E-state index contributed by atoms with van der Waals surface area (Å²) in [4.78, 5) is 16.5. The number of hydrogen-bond donors (Lipinski definition) is 1. The van der Waals surface area contributed by atoms with Crippen LogP contribution in [0.2, 0.25) is 0 Å². The van der Waals surface area contributed by atoms with Crippen molar-refractivity contribution < 1.29 is 9.53 Å². The summed E-state index contributed by atoms with van der Waals surface area (Å²) in [5.74, 6) is 0.716. The van der Waals surface area contributed by atoms with Crippen LogP contribution in [0.25, 0.3) is 11.3 Å². The van der Waals surface area contributed by atoms with Crippen molar-refractivity contribution in [3.8, 4) is 17.0 Å². The topological polar surface area (TPSA) is 51.2 Å². The van der Waals surface area contributed by atoms with Crippen molar-refractivity contribution >= 4 is 22.4 Å². The fourth-order valence-electron chi connectivity index (χ4n) is 2.19. The van der Waals surface area contributed by atoms with Gasteiger partial charge in [0.05, 0.1) is 19.2 Å². The maximum Gasteiger partial charge on any atom is 0.230 e. The summed E-state index contributed by atoms with van der Waals surface area (Å²) in [6.07, 6.45) is 0.342. The zero-order chi connectivity index (χ0) is 16.1. The highest BCUT2D eigenvalue weighted by Crippen LogP contribution is 2.27. The molecule has 0 aliphatic heterocycles. The monoisotopic (exact) mass is 324 g/mol. The lowest BCUT2D eigenvalue weighted by molar-refractivity contribution is -0.115. The molecule has 4 nitrogen and oxygen atoms in total. The van der Waals surface area contributed by atoms with Crippen LogP contribution in [-0.4, -0.2) is 18.0 Å². The third-order valence-electron chi connectivity index (χ3n) is 3.32. The standard InChI is InChI=1S/C18H16N2O2S/c1-22-15-9-5-8-14(11-15)16-12-23-18(19-16)20-17(21)10-13-6-3-2-4-7-13/h2-9,11-12H,10H2,1H3,(H,19,20,21). The van der Waals surface area contributed by atoms with Crippen LogP contribution in [0.1, 0.15) is 5.56 Å². The van der Waals surface area contributed by atoms with Gasteiger partial charge in [-0.15, -0.1) is 11.3 Å². The number of carbonyl (C=O) groups is 1. The molecule has 3 rings (SSSR count). The lowest BCUT2D eigenvalue weighted by atomic mass is 10.1. The van der Waals surface area contributed by atoms with Gasteiger partial charge in [0.1, 0.15) is 5.75 Å². The highest BCUT2D eigenvalue weighted by atomic mass is 32.1. The molecule has 2 aromatic carbocycles. The highest BCUT2D eigenvalue weighted by Gasteiger charge is 2.09. The number of amides is 1. The Kier molecular flexibility index (Phi) is 4.68. The summed E-state index contributed by atoms with van der Waals surface area (Å²) in [5.41, 5.74) is 2.77. The molecule has 1 heterocycles. The number of aromatic nitrogens is 1. The molecule has 1 N–H and O–H groups in total. The van der Waals surface area contributed by atoms with E-state index in [0.717, 1.165) is 22.6 Å². The van der Waals surface area contributed by atoms with Gasteiger partial charge in [-0.1, -0.05) is 42.5 Å². The minimum absolute atomic E-state index is 0.0669. The molecule has 0 bridgehead atoms. The Balaban J connectivity index is 1.68. The van der Waals surface area contributed by atoms with E-state index < -0.39 is 0 Å². The van der Waals surface area contributed by atoms with Gasteiger partial charge in [-0.2, -0.15) is 0 Å². The average molecular weight is 324 g/mol. The molecular formula is C18H16N2O2S. The zero-order valence-electron chi connectivity index (χ0n) is 12.7. The molecule has 0 radical (unpaired) electrons. The van der Waals surface area contributed by atoms with Crippen molar-refractivity contribution in [3.05, 3.63) is 65.5 Å². The van der Waals surface area contributed by atoms with E-state index in [4.69, 9.17) is 4.74 Å². The minimum atomic E-state index is -0.0669. The summed E-state index contributed by atoms with van der Waals surface area (Å²) >= 11 is 1.41. The largest absolute Gasteiger partial charge is 0.497 e. The van der Waals surface area contributed by atoms with E-state index in [2.05, 4.69) is 10.3 Å². The average Bonchev–Trinajstić information content (AvgIpc) is 3.04. The predicted molar refractivity (Wildman–Crippen MR) is 92.9 cm³/mol. The van der Waals surface area contributed by atoms with Gasteiger partial charge in [0.25, 0.3) is 0 Å². The molecule has 116 valence electrons. The summed E-state index contributed by atoms with van der Waals surface area (Å²) in [7, 11) is 1.63. The molecule has 23 heavy (non-hydrogen) atoms. The van der Waals surface area contributed by atoms with E-state index in [9.17, 15) is 4.79 Å². The van der Waals surface area contributed by atoms with Crippen molar-refractivity contribution in [2.45, 2.75) is 6.42 Å². The number of anilines is 1. The van der Waals surface area contributed by atoms with Crippen molar-refractivity contribution in [2.24, 2.45) is 0 Å². The van der Waals surface area contributed by atoms with Gasteiger partial charge in [-0.05, 0) is 17.7 Å². The van der Waals surface area contributed by atoms with Crippen LogP contribution in [0.4, 0.5) is 5.13 Å². The van der Waals surface area contributed by atoms with Gasteiger partial charge in [-0.3, -0.25) is 4.79 Å². The van der Waals surface area contributed by atoms with Crippen LogP contribution < -0.4 is 10.1 Å². The molecule has 0 aliphatic carbocycles. The first-order valence-electron chi connectivity index (χ1n) is 7.18. The summed E-state index contributed by atoms with van der Waals surface area (Å²) < 4.78 is 5.22. The maximum absolute atomic E-state index is 12.1. The van der Waals surface area contributed by atoms with Gasteiger partial charge in [0, 0.05) is 10.9 Å². The number of benzene rings is 2. The molecule has 0 atom stereocenters. The van der Waals surface area contributed by atoms with Crippen molar-refractivity contribution in [1.29, 1.82) is 0 Å². The van der Waals surface area contributed by atoms with Crippen molar-refractivity contribution in [1.82, 2.24) is 4.98 Å². The van der Waals surface area contributed by atoms with Crippen molar-refractivity contribution in [3.63, 3.8) is 0 Å². The smallest absolute Gasteiger partial charge is 0.230 e. The number of methoxy groups -OCH3 is 1. The number of nitrogens with zero attached hydrogens (tertiary/aromatic N) is 1. The molecule has 0 spiro atoms. The second-order valence-corrected chi connectivity index (χ2v) is 5.84. The van der Waals surface area contributed by atoms with E-state index in [1.165, 1.54) is 11.3 Å². The van der Waals surface area contributed by atoms with Crippen LogP contribution >= 0.6 is 11.3 Å². The second kappa shape index (κ2) is 7.07. The molecule has 3 aromatic rings. The maximum atomic E-state index is 12.1. The first kappa shape index (κ1) is 15.2. The van der Waals surface area contributed by atoms with Gasteiger partial charge in [-0.25, -0.2) is 4.98 Å². The third-order valence-corrected chi connectivity index (χ3v) is 4.08. The number of thiazole rings is 1. The molecule has 1 aromatic heterocycles. The zero-order valence-corrected chi connectivity index (χ0v) is 13.5. The number of hydrogen-bond acceptors (Lipinski definition) is 4. The number of ether oxygens (including phenoxy) is 1. The normalized spacial score (nSPS) is 10.3. The number of nitrogens with one attached hydrogen (secondary N) is 1. The Morgan fingerprint density at radius 1 is 1.17 bits per heavy atom. The lowest BCUT2D eigenvalue weighted by Crippen LogP contribution is -2.14. The first-order chi connectivity index (χ1) is 11.2. The van der Waals surface area contributed by atoms with Gasteiger partial charge >= 0.3 is 0 Å². The van der Waals surface area contributed by atoms with Crippen LogP contribution in [0.3, 0.4) is 0 Å². The van der Waals surface area contributed by atoms with Crippen LogP contribution in [0, 0.1) is 0 Å². The van der Waals surface area contributed by atoms with E-state index >= 15 is 0 Å². The van der Waals surface area contributed by atoms with Gasteiger partial charge < -0.3 is 10.1 Å². The Bertz CT molecular complexity index is 800. The fraction of sp³-hybridized carbons (Fsp3) is 0.111. The Labute approximate surface area is 138 Å². The molecule has 0 saturated heterocycles. The van der Waals surface area contributed by atoms with Crippen LogP contribution in [-0.2, 0) is 11.2 Å². The SMILES string of the molecule is COc1cccc(-c2csc(NC(=O)Cc3ccccc3)n2)c1. The molecular weight excluding hydrogens is 308 g/mol. The van der Waals surface area contributed by atoms with Crippen molar-refractivity contribution in [2.75, 3.05) is 12.4 Å². The summed E-state index contributed by atoms with van der Waals surface area (Å²) in [6.45, 7) is 0. The molecule has 1 amide bonds. The van der Waals surface area contributed by atoms with E-state index in [1.54, 1.807) is 7.11 Å². The highest BCUT2D eigenvalue weighted by molar-refractivity contribution is 7.14. The van der Waals surface area contributed by atoms with E-state index in [1.807, 2.05) is 60.0 Å². The Morgan fingerprint density at radius 3 is 2.78 bits per heavy atom. The first-order valence-corrected chi connectivity index (χ1v) is 8.06. The van der Waals surface area contributed by atoms with E-state index in [-0.39, 0.29) is 5.91 Å². The Hall–Kier alpha value is -2.66. The number of rotatable bonds is 5. The minimum Gasteiger partial charge on any atom is -0.497 e. The molecule has 0 saturated carbocycles. The quantitative estimate of drug-likeness (QED) is 0.772. The second-order valence-electron chi connectivity index (χ2n) is 4.98.